The van der Waals surface area contributed by atoms with Crippen LogP contribution in [0.4, 0.5) is 0 Å². The Balaban J connectivity index is 3.11. The summed E-state index contributed by atoms with van der Waals surface area (Å²) in [6.07, 6.45) is 9.33. The Morgan fingerprint density at radius 3 is 2.38 bits per heavy atom. The summed E-state index contributed by atoms with van der Waals surface area (Å²) in [5.74, 6) is 1.62. The van der Waals surface area contributed by atoms with Crippen molar-refractivity contribution in [1.29, 1.82) is 0 Å². The molecule has 0 N–H and O–H groups in total. The van der Waals surface area contributed by atoms with Gasteiger partial charge in [0.05, 0.1) is 7.11 Å². The van der Waals surface area contributed by atoms with Gasteiger partial charge in [-0.15, -0.1) is 0 Å². The zero-order chi connectivity index (χ0) is 15.9. The van der Waals surface area contributed by atoms with Gasteiger partial charge in [-0.05, 0) is 47.8 Å². The number of rotatable bonds is 7. The second kappa shape index (κ2) is 8.26. The van der Waals surface area contributed by atoms with Crippen LogP contribution in [0.1, 0.15) is 77.3 Å². The van der Waals surface area contributed by atoms with Crippen molar-refractivity contribution in [1.82, 2.24) is 0 Å². The third-order valence-corrected chi connectivity index (χ3v) is 3.96. The van der Waals surface area contributed by atoms with Crippen molar-refractivity contribution in [3.8, 4) is 5.75 Å². The molecule has 1 aromatic carbocycles. The number of hydrogen-bond acceptors (Lipinski definition) is 1. The van der Waals surface area contributed by atoms with Gasteiger partial charge in [0.1, 0.15) is 5.75 Å². The summed E-state index contributed by atoms with van der Waals surface area (Å²) in [5.41, 5.74) is 2.86. The molecule has 0 fully saturated rings. The second-order valence-electron chi connectivity index (χ2n) is 6.81. The zero-order valence-electron chi connectivity index (χ0n) is 14.7. The fourth-order valence-corrected chi connectivity index (χ4v) is 2.76. The van der Waals surface area contributed by atoms with Gasteiger partial charge in [0.2, 0.25) is 0 Å². The topological polar surface area (TPSA) is 9.23 Å². The minimum Gasteiger partial charge on any atom is -0.496 e. The van der Waals surface area contributed by atoms with E-state index in [9.17, 15) is 0 Å². The summed E-state index contributed by atoms with van der Waals surface area (Å²) in [7, 11) is 1.76. The highest BCUT2D eigenvalue weighted by Gasteiger charge is 2.21. The molecule has 0 radical (unpaired) electrons. The SMILES string of the molecule is CC/C=C\CC(CCC)c1ccc(OC)c(C(C)(C)C)c1. The molecule has 0 aromatic heterocycles. The standard InChI is InChI=1S/C20H32O/c1-7-9-10-12-16(11-8-2)17-13-14-19(21-6)18(15-17)20(3,4)5/h9-10,13-16H,7-8,11-12H2,1-6H3/b10-9-. The van der Waals surface area contributed by atoms with Gasteiger partial charge in [-0.2, -0.15) is 0 Å². The maximum atomic E-state index is 5.55. The van der Waals surface area contributed by atoms with Crippen LogP contribution < -0.4 is 4.74 Å². The van der Waals surface area contributed by atoms with Gasteiger partial charge in [-0.3, -0.25) is 0 Å². The van der Waals surface area contributed by atoms with Crippen LogP contribution in [0.5, 0.6) is 5.75 Å². The molecule has 0 heterocycles. The Hall–Kier alpha value is -1.24. The molecule has 1 unspecified atom stereocenters. The fraction of sp³-hybridized carbons (Fsp3) is 0.600. The summed E-state index contributed by atoms with van der Waals surface area (Å²) < 4.78 is 5.55. The first kappa shape index (κ1) is 17.8. The van der Waals surface area contributed by atoms with Crippen LogP contribution in [-0.4, -0.2) is 7.11 Å². The molecular formula is C20H32O. The molecule has 0 saturated carbocycles. The molecule has 1 heteroatoms. The van der Waals surface area contributed by atoms with Crippen molar-refractivity contribution in [2.24, 2.45) is 0 Å². The van der Waals surface area contributed by atoms with Crippen LogP contribution in [0.15, 0.2) is 30.4 Å². The lowest BCUT2D eigenvalue weighted by molar-refractivity contribution is 0.397. The van der Waals surface area contributed by atoms with Crippen LogP contribution in [0.2, 0.25) is 0 Å². The van der Waals surface area contributed by atoms with Crippen molar-refractivity contribution in [2.45, 2.75) is 71.6 Å². The molecule has 0 bridgehead atoms. The zero-order valence-corrected chi connectivity index (χ0v) is 14.7. The van der Waals surface area contributed by atoms with E-state index < -0.39 is 0 Å². The predicted octanol–water partition coefficient (Wildman–Crippen LogP) is 6.23. The average Bonchev–Trinajstić information content (AvgIpc) is 2.45. The first-order chi connectivity index (χ1) is 9.93. The van der Waals surface area contributed by atoms with Gasteiger partial charge >= 0.3 is 0 Å². The number of methoxy groups -OCH3 is 1. The Bertz CT molecular complexity index is 451. The van der Waals surface area contributed by atoms with Gasteiger partial charge in [-0.1, -0.05) is 65.3 Å². The lowest BCUT2D eigenvalue weighted by Crippen LogP contribution is -2.14. The van der Waals surface area contributed by atoms with Gasteiger partial charge in [0, 0.05) is 0 Å². The van der Waals surface area contributed by atoms with E-state index in [1.54, 1.807) is 7.11 Å². The van der Waals surface area contributed by atoms with Crippen molar-refractivity contribution in [3.05, 3.63) is 41.5 Å². The molecule has 118 valence electrons. The minimum absolute atomic E-state index is 0.109. The number of benzene rings is 1. The van der Waals surface area contributed by atoms with E-state index in [1.807, 2.05) is 0 Å². The van der Waals surface area contributed by atoms with E-state index in [0.717, 1.165) is 18.6 Å². The van der Waals surface area contributed by atoms with Gasteiger partial charge in [0.25, 0.3) is 0 Å². The Morgan fingerprint density at radius 1 is 1.14 bits per heavy atom. The summed E-state index contributed by atoms with van der Waals surface area (Å²) >= 11 is 0. The van der Waals surface area contributed by atoms with E-state index in [4.69, 9.17) is 4.74 Å². The largest absolute Gasteiger partial charge is 0.496 e. The van der Waals surface area contributed by atoms with Crippen LogP contribution in [0, 0.1) is 0 Å². The molecule has 1 aromatic rings. The summed E-state index contributed by atoms with van der Waals surface area (Å²) in [6, 6.07) is 6.75. The minimum atomic E-state index is 0.109. The van der Waals surface area contributed by atoms with E-state index >= 15 is 0 Å². The maximum absolute atomic E-state index is 5.55. The normalized spacial score (nSPS) is 13.6. The van der Waals surface area contributed by atoms with Gasteiger partial charge in [-0.25, -0.2) is 0 Å². The Kier molecular flexibility index (Phi) is 7.01. The highest BCUT2D eigenvalue weighted by Crippen LogP contribution is 2.35. The third-order valence-electron chi connectivity index (χ3n) is 3.96. The Morgan fingerprint density at radius 2 is 1.86 bits per heavy atom. The van der Waals surface area contributed by atoms with Crippen molar-refractivity contribution in [2.75, 3.05) is 7.11 Å². The molecule has 0 spiro atoms. The lowest BCUT2D eigenvalue weighted by atomic mass is 9.82. The third kappa shape index (κ3) is 5.22. The summed E-state index contributed by atoms with van der Waals surface area (Å²) in [6.45, 7) is 11.2. The molecular weight excluding hydrogens is 256 g/mol. The van der Waals surface area contributed by atoms with Crippen molar-refractivity contribution in [3.63, 3.8) is 0 Å². The Labute approximate surface area is 131 Å². The van der Waals surface area contributed by atoms with E-state index in [1.165, 1.54) is 24.0 Å². The number of hydrogen-bond donors (Lipinski definition) is 0. The summed E-state index contributed by atoms with van der Waals surface area (Å²) in [5, 5.41) is 0. The number of ether oxygens (including phenoxy) is 1. The molecule has 1 rings (SSSR count). The van der Waals surface area contributed by atoms with Crippen LogP contribution >= 0.6 is 0 Å². The first-order valence-electron chi connectivity index (χ1n) is 8.27. The van der Waals surface area contributed by atoms with Crippen LogP contribution in [-0.2, 0) is 5.41 Å². The smallest absolute Gasteiger partial charge is 0.122 e. The fourth-order valence-electron chi connectivity index (χ4n) is 2.76. The first-order valence-corrected chi connectivity index (χ1v) is 8.27. The van der Waals surface area contributed by atoms with Gasteiger partial charge < -0.3 is 4.74 Å². The van der Waals surface area contributed by atoms with E-state index in [2.05, 4.69) is 65.0 Å². The highest BCUT2D eigenvalue weighted by molar-refractivity contribution is 5.42. The van der Waals surface area contributed by atoms with Crippen LogP contribution in [0.3, 0.4) is 0 Å². The molecule has 0 amide bonds. The molecule has 0 saturated heterocycles. The van der Waals surface area contributed by atoms with E-state index in [-0.39, 0.29) is 5.41 Å². The highest BCUT2D eigenvalue weighted by atomic mass is 16.5. The molecule has 0 aliphatic heterocycles. The number of allylic oxidation sites excluding steroid dienone is 2. The van der Waals surface area contributed by atoms with Crippen molar-refractivity contribution >= 4 is 0 Å². The lowest BCUT2D eigenvalue weighted by Gasteiger charge is -2.25. The maximum Gasteiger partial charge on any atom is 0.122 e. The van der Waals surface area contributed by atoms with Crippen LogP contribution in [0.25, 0.3) is 0 Å². The second-order valence-corrected chi connectivity index (χ2v) is 6.81. The summed E-state index contributed by atoms with van der Waals surface area (Å²) in [4.78, 5) is 0. The molecule has 0 aliphatic rings. The quantitative estimate of drug-likeness (QED) is 0.540. The molecule has 0 aliphatic carbocycles. The van der Waals surface area contributed by atoms with E-state index in [0.29, 0.717) is 5.92 Å². The average molecular weight is 288 g/mol. The van der Waals surface area contributed by atoms with Crippen molar-refractivity contribution < 1.29 is 4.74 Å². The monoisotopic (exact) mass is 288 g/mol. The molecule has 1 atom stereocenters. The molecule has 21 heavy (non-hydrogen) atoms. The van der Waals surface area contributed by atoms with Gasteiger partial charge in [0.15, 0.2) is 0 Å². The predicted molar refractivity (Wildman–Crippen MR) is 93.4 cm³/mol. The molecule has 1 nitrogen and oxygen atoms in total.